The Morgan fingerprint density at radius 1 is 0.882 bits per heavy atom. The van der Waals surface area contributed by atoms with E-state index in [1.807, 2.05) is 30.3 Å². The molecule has 0 aliphatic carbocycles. The first-order valence-corrected chi connectivity index (χ1v) is 11.8. The summed E-state index contributed by atoms with van der Waals surface area (Å²) in [5.41, 5.74) is 7.64. The molecule has 2 heterocycles. The highest BCUT2D eigenvalue weighted by molar-refractivity contribution is 7.18. The Morgan fingerprint density at radius 2 is 1.68 bits per heavy atom. The van der Waals surface area contributed by atoms with Crippen LogP contribution in [0.4, 0.5) is 14.5 Å². The Kier molecular flexibility index (Phi) is 5.90. The molecule has 0 fully saturated rings. The van der Waals surface area contributed by atoms with E-state index >= 15 is 0 Å². The van der Waals surface area contributed by atoms with E-state index in [1.54, 1.807) is 24.3 Å². The molecule has 3 aromatic carbocycles. The van der Waals surface area contributed by atoms with Gasteiger partial charge < -0.3 is 10.3 Å². The number of pyridine rings is 1. The number of hydrogen-bond donors (Lipinski definition) is 1. The second-order valence-electron chi connectivity index (χ2n) is 7.76. The molecule has 5 aromatic rings. The number of nitrogen functional groups attached to an aromatic ring is 1. The lowest BCUT2D eigenvalue weighted by Gasteiger charge is -2.15. The number of halogens is 4. The van der Waals surface area contributed by atoms with Crippen LogP contribution >= 0.6 is 34.5 Å². The number of hydrogen-bond acceptors (Lipinski definition) is 3. The van der Waals surface area contributed by atoms with Gasteiger partial charge in [-0.15, -0.1) is 11.3 Å². The fourth-order valence-electron chi connectivity index (χ4n) is 3.85. The van der Waals surface area contributed by atoms with Gasteiger partial charge in [-0.25, -0.2) is 8.78 Å². The number of thiophene rings is 1. The zero-order valence-corrected chi connectivity index (χ0v) is 19.8. The molecule has 0 saturated heterocycles. The standard InChI is InChI=1S/C26H16Cl2F2N2OS/c27-18-3-1-2-15-11-22(24-9-8-23(34-24)14-5-7-21(31)19(28)10-14)32(26(33)25(15)18)13-16-4-6-17(29)12-20(16)30/h1-12H,13,31H2. The molecule has 5 rings (SSSR count). The van der Waals surface area contributed by atoms with Crippen molar-refractivity contribution in [3.63, 3.8) is 0 Å². The van der Waals surface area contributed by atoms with Gasteiger partial charge in [0.1, 0.15) is 11.6 Å². The Bertz CT molecular complexity index is 1630. The average molecular weight is 513 g/mol. The Morgan fingerprint density at radius 3 is 2.44 bits per heavy atom. The predicted molar refractivity (Wildman–Crippen MR) is 137 cm³/mol. The van der Waals surface area contributed by atoms with Crippen LogP contribution in [-0.2, 0) is 6.54 Å². The van der Waals surface area contributed by atoms with E-state index in [9.17, 15) is 13.6 Å². The van der Waals surface area contributed by atoms with E-state index in [4.69, 9.17) is 28.9 Å². The lowest BCUT2D eigenvalue weighted by Crippen LogP contribution is -2.23. The summed E-state index contributed by atoms with van der Waals surface area (Å²) < 4.78 is 29.4. The van der Waals surface area contributed by atoms with E-state index in [2.05, 4.69) is 0 Å². The number of aromatic nitrogens is 1. The second-order valence-corrected chi connectivity index (χ2v) is 9.66. The van der Waals surface area contributed by atoms with Crippen LogP contribution < -0.4 is 11.3 Å². The van der Waals surface area contributed by atoms with E-state index in [-0.39, 0.29) is 17.7 Å². The van der Waals surface area contributed by atoms with Crippen LogP contribution in [-0.4, -0.2) is 4.57 Å². The number of nitrogens with zero attached hydrogens (tertiary/aromatic N) is 1. The normalized spacial score (nSPS) is 11.3. The molecule has 0 radical (unpaired) electrons. The maximum atomic E-state index is 14.5. The monoisotopic (exact) mass is 512 g/mol. The fraction of sp³-hybridized carbons (Fsp3) is 0.0385. The minimum absolute atomic E-state index is 0.0810. The lowest BCUT2D eigenvalue weighted by atomic mass is 10.1. The van der Waals surface area contributed by atoms with Crippen molar-refractivity contribution in [1.82, 2.24) is 4.57 Å². The van der Waals surface area contributed by atoms with Gasteiger partial charge in [0.15, 0.2) is 0 Å². The average Bonchev–Trinajstić information content (AvgIpc) is 3.29. The number of fused-ring (bicyclic) bond motifs is 1. The molecule has 0 spiro atoms. The lowest BCUT2D eigenvalue weighted by molar-refractivity contribution is 0.565. The number of benzene rings is 3. The molecule has 2 N–H and O–H groups in total. The predicted octanol–water partition coefficient (Wildman–Crippen LogP) is 7.61. The molecular weight excluding hydrogens is 497 g/mol. The zero-order valence-electron chi connectivity index (χ0n) is 17.5. The van der Waals surface area contributed by atoms with Gasteiger partial charge in [0.25, 0.3) is 5.56 Å². The summed E-state index contributed by atoms with van der Waals surface area (Å²) in [5, 5.41) is 1.79. The first-order chi connectivity index (χ1) is 16.3. The molecule has 8 heteroatoms. The van der Waals surface area contributed by atoms with E-state index in [0.717, 1.165) is 21.4 Å². The van der Waals surface area contributed by atoms with Crippen molar-refractivity contribution in [2.75, 3.05) is 5.73 Å². The van der Waals surface area contributed by atoms with Crippen LogP contribution in [0.1, 0.15) is 5.56 Å². The van der Waals surface area contributed by atoms with Gasteiger partial charge in [0.2, 0.25) is 0 Å². The third-order valence-corrected chi connectivity index (χ3v) is 7.37. The summed E-state index contributed by atoms with van der Waals surface area (Å²) in [5.74, 6) is -1.40. The van der Waals surface area contributed by atoms with Crippen molar-refractivity contribution in [1.29, 1.82) is 0 Å². The van der Waals surface area contributed by atoms with Crippen LogP contribution in [0.2, 0.25) is 10.0 Å². The largest absolute Gasteiger partial charge is 0.398 e. The quantitative estimate of drug-likeness (QED) is 0.252. The highest BCUT2D eigenvalue weighted by Crippen LogP contribution is 2.37. The van der Waals surface area contributed by atoms with Gasteiger partial charge in [-0.2, -0.15) is 0 Å². The van der Waals surface area contributed by atoms with Gasteiger partial charge in [-0.05, 0) is 53.4 Å². The van der Waals surface area contributed by atoms with E-state index in [1.165, 1.54) is 28.0 Å². The molecule has 0 aliphatic heterocycles. The van der Waals surface area contributed by atoms with Crippen molar-refractivity contribution in [3.05, 3.63) is 110 Å². The molecule has 0 bridgehead atoms. The third-order valence-electron chi connectivity index (χ3n) is 5.57. The number of nitrogens with two attached hydrogens (primary N) is 1. The molecule has 0 saturated carbocycles. The van der Waals surface area contributed by atoms with Crippen LogP contribution in [0.15, 0.2) is 77.6 Å². The van der Waals surface area contributed by atoms with Gasteiger partial charge >= 0.3 is 0 Å². The Hall–Kier alpha value is -3.19. The Labute approximate surface area is 207 Å². The molecule has 0 aliphatic rings. The highest BCUT2D eigenvalue weighted by Gasteiger charge is 2.17. The molecule has 0 unspecified atom stereocenters. The van der Waals surface area contributed by atoms with Gasteiger partial charge in [0.05, 0.1) is 38.2 Å². The van der Waals surface area contributed by atoms with Crippen molar-refractivity contribution in [3.8, 4) is 21.0 Å². The third kappa shape index (κ3) is 4.09. The molecule has 0 amide bonds. The topological polar surface area (TPSA) is 48.0 Å². The van der Waals surface area contributed by atoms with Crippen LogP contribution in [0.25, 0.3) is 31.8 Å². The summed E-state index contributed by atoms with van der Waals surface area (Å²) in [7, 11) is 0. The second kappa shape index (κ2) is 8.87. The van der Waals surface area contributed by atoms with Crippen molar-refractivity contribution in [2.24, 2.45) is 0 Å². The minimum atomic E-state index is -0.722. The SMILES string of the molecule is Nc1ccc(-c2ccc(-c3cc4cccc(Cl)c4c(=O)n3Cc3ccc(F)cc3F)s2)cc1Cl. The van der Waals surface area contributed by atoms with Gasteiger partial charge in [0, 0.05) is 16.5 Å². The van der Waals surface area contributed by atoms with Crippen LogP contribution in [0.5, 0.6) is 0 Å². The molecule has 0 atom stereocenters. The molecule has 34 heavy (non-hydrogen) atoms. The van der Waals surface area contributed by atoms with Gasteiger partial charge in [-0.3, -0.25) is 4.79 Å². The first kappa shape index (κ1) is 22.6. The smallest absolute Gasteiger partial charge is 0.260 e. The molecular formula is C26H16Cl2F2N2OS. The van der Waals surface area contributed by atoms with Gasteiger partial charge in [-0.1, -0.05) is 47.5 Å². The zero-order chi connectivity index (χ0) is 24.0. The maximum absolute atomic E-state index is 14.5. The summed E-state index contributed by atoms with van der Waals surface area (Å²) in [4.78, 5) is 15.3. The molecule has 2 aromatic heterocycles. The minimum Gasteiger partial charge on any atom is -0.398 e. The molecule has 170 valence electrons. The first-order valence-electron chi connectivity index (χ1n) is 10.2. The van der Waals surface area contributed by atoms with Crippen molar-refractivity contribution < 1.29 is 8.78 Å². The van der Waals surface area contributed by atoms with Crippen molar-refractivity contribution in [2.45, 2.75) is 6.54 Å². The number of anilines is 1. The summed E-state index contributed by atoms with van der Waals surface area (Å²) in [6, 6.07) is 19.6. The van der Waals surface area contributed by atoms with Crippen LogP contribution in [0.3, 0.4) is 0 Å². The Balaban J connectivity index is 1.70. The summed E-state index contributed by atoms with van der Waals surface area (Å²) in [6.45, 7) is -0.0810. The summed E-state index contributed by atoms with van der Waals surface area (Å²) >= 11 is 14.0. The van der Waals surface area contributed by atoms with E-state index < -0.39 is 11.6 Å². The highest BCUT2D eigenvalue weighted by atomic mass is 35.5. The number of rotatable bonds is 4. The van der Waals surface area contributed by atoms with Crippen molar-refractivity contribution >= 4 is 51.0 Å². The maximum Gasteiger partial charge on any atom is 0.260 e. The summed E-state index contributed by atoms with van der Waals surface area (Å²) in [6.07, 6.45) is 0. The molecule has 3 nitrogen and oxygen atoms in total. The fourth-order valence-corrected chi connectivity index (χ4v) is 5.32. The van der Waals surface area contributed by atoms with Crippen LogP contribution in [0, 0.1) is 11.6 Å². The van der Waals surface area contributed by atoms with E-state index in [0.29, 0.717) is 32.2 Å².